The second-order valence-corrected chi connectivity index (χ2v) is 8.38. The van der Waals surface area contributed by atoms with E-state index in [9.17, 15) is 9.90 Å². The van der Waals surface area contributed by atoms with Gasteiger partial charge in [0.25, 0.3) is 0 Å². The van der Waals surface area contributed by atoms with Gasteiger partial charge >= 0.3 is 5.97 Å². The van der Waals surface area contributed by atoms with Crippen LogP contribution < -0.4 is 4.74 Å². The summed E-state index contributed by atoms with van der Waals surface area (Å²) in [4.78, 5) is 16.3. The zero-order valence-electron chi connectivity index (χ0n) is 14.6. The van der Waals surface area contributed by atoms with Crippen LogP contribution in [-0.2, 0) is 4.79 Å². The van der Waals surface area contributed by atoms with Gasteiger partial charge in [-0.3, -0.25) is 14.9 Å². The lowest BCUT2D eigenvalue weighted by atomic mass is 9.46. The molecule has 4 aliphatic carbocycles. The summed E-state index contributed by atoms with van der Waals surface area (Å²) in [6, 6.07) is 5.76. The molecule has 136 valence electrons. The van der Waals surface area contributed by atoms with Gasteiger partial charge in [0.1, 0.15) is 5.75 Å². The number of carboxylic acids is 1. The van der Waals surface area contributed by atoms with Crippen LogP contribution >= 0.6 is 0 Å². The number of nitrogens with zero attached hydrogens (tertiary/aromatic N) is 2. The van der Waals surface area contributed by atoms with Crippen molar-refractivity contribution in [2.24, 2.45) is 29.1 Å². The average molecular weight is 353 g/mol. The zero-order valence-corrected chi connectivity index (χ0v) is 14.6. The van der Waals surface area contributed by atoms with E-state index in [4.69, 9.17) is 4.74 Å². The highest BCUT2D eigenvalue weighted by atomic mass is 16.5. The van der Waals surface area contributed by atoms with Crippen molar-refractivity contribution in [1.29, 1.82) is 0 Å². The number of carbonyl (C=O) groups is 1. The largest absolute Gasteiger partial charge is 0.492 e. The maximum absolute atomic E-state index is 11.8. The van der Waals surface area contributed by atoms with E-state index in [-0.39, 0.29) is 0 Å². The Morgan fingerprint density at radius 1 is 1.23 bits per heavy atom. The Morgan fingerprint density at radius 2 is 2.04 bits per heavy atom. The molecular formula is C20H23N3O3. The summed E-state index contributed by atoms with van der Waals surface area (Å²) in [7, 11) is 0. The summed E-state index contributed by atoms with van der Waals surface area (Å²) in [5.74, 6) is 2.27. The van der Waals surface area contributed by atoms with Crippen LogP contribution in [0.25, 0.3) is 11.4 Å². The summed E-state index contributed by atoms with van der Waals surface area (Å²) < 4.78 is 6.06. The standard InChI is InChI=1S/C20H23N3O3/c24-19(25)20-7-12-5-13(8-20)16(14(6-12)9-20)11-26-15-1-2-17(21-10-15)18-3-4-22-23-18/h1-4,10,12-14,16H,5-9,11H2,(H,22,23)(H,24,25)/t12?,13-,14+,16?,20?. The third-order valence-electron chi connectivity index (χ3n) is 6.88. The number of pyridine rings is 1. The Kier molecular flexibility index (Phi) is 3.55. The van der Waals surface area contributed by atoms with Gasteiger partial charge in [-0.1, -0.05) is 0 Å². The Labute approximate surface area is 152 Å². The van der Waals surface area contributed by atoms with Gasteiger partial charge in [-0.25, -0.2) is 0 Å². The molecule has 4 saturated carbocycles. The third-order valence-corrected chi connectivity index (χ3v) is 6.88. The number of aromatic amines is 1. The lowest BCUT2D eigenvalue weighted by Crippen LogP contribution is -2.55. The molecule has 0 spiro atoms. The minimum absolute atomic E-state index is 0.444. The van der Waals surface area contributed by atoms with Crippen molar-refractivity contribution in [3.8, 4) is 17.1 Å². The molecule has 2 N–H and O–H groups in total. The molecule has 2 aromatic rings. The van der Waals surface area contributed by atoms with E-state index in [2.05, 4.69) is 15.2 Å². The molecule has 6 heteroatoms. The van der Waals surface area contributed by atoms with Crippen LogP contribution in [-0.4, -0.2) is 32.9 Å². The number of rotatable bonds is 5. The number of aliphatic carboxylic acids is 1. The molecule has 3 unspecified atom stereocenters. The number of H-pyrrole nitrogens is 1. The molecule has 4 fully saturated rings. The van der Waals surface area contributed by atoms with Gasteiger partial charge in [0.15, 0.2) is 0 Å². The predicted molar refractivity (Wildman–Crippen MR) is 94.4 cm³/mol. The summed E-state index contributed by atoms with van der Waals surface area (Å²) >= 11 is 0. The lowest BCUT2D eigenvalue weighted by molar-refractivity contribution is -0.172. The molecule has 4 bridgehead atoms. The molecule has 4 aliphatic rings. The van der Waals surface area contributed by atoms with Gasteiger partial charge in [-0.2, -0.15) is 5.10 Å². The van der Waals surface area contributed by atoms with Crippen LogP contribution in [0.1, 0.15) is 32.1 Å². The van der Waals surface area contributed by atoms with Crippen LogP contribution in [0.3, 0.4) is 0 Å². The van der Waals surface area contributed by atoms with Crippen LogP contribution in [0.15, 0.2) is 30.6 Å². The van der Waals surface area contributed by atoms with Gasteiger partial charge in [0.2, 0.25) is 0 Å². The Hall–Kier alpha value is -2.37. The molecule has 6 rings (SSSR count). The number of nitrogens with one attached hydrogen (secondary N) is 1. The lowest BCUT2D eigenvalue weighted by Gasteiger charge is -2.58. The first-order chi connectivity index (χ1) is 12.6. The Balaban J connectivity index is 1.26. The SMILES string of the molecule is O=C(O)C12CC3C[C@H](C1)C(COc1ccc(-c4ccn[nH]4)nc1)[C@@H](C3)C2. The minimum Gasteiger partial charge on any atom is -0.492 e. The van der Waals surface area contributed by atoms with Crippen molar-refractivity contribution in [3.63, 3.8) is 0 Å². The quantitative estimate of drug-likeness (QED) is 0.860. The van der Waals surface area contributed by atoms with Crippen LogP contribution in [0.5, 0.6) is 5.75 Å². The summed E-state index contributed by atoms with van der Waals surface area (Å²) in [6.07, 6.45) is 8.37. The van der Waals surface area contributed by atoms with Crippen molar-refractivity contribution in [2.45, 2.75) is 32.1 Å². The van der Waals surface area contributed by atoms with Gasteiger partial charge in [0.05, 0.1) is 29.6 Å². The molecule has 0 radical (unpaired) electrons. The maximum Gasteiger partial charge on any atom is 0.309 e. The zero-order chi connectivity index (χ0) is 17.7. The summed E-state index contributed by atoms with van der Waals surface area (Å²) in [5, 5.41) is 16.6. The average Bonchev–Trinajstić information content (AvgIpc) is 3.16. The molecule has 2 aromatic heterocycles. The Morgan fingerprint density at radius 3 is 2.65 bits per heavy atom. The molecule has 0 aliphatic heterocycles. The minimum atomic E-state index is -0.574. The first-order valence-corrected chi connectivity index (χ1v) is 9.45. The predicted octanol–water partition coefficient (Wildman–Crippen LogP) is 3.38. The van der Waals surface area contributed by atoms with E-state index in [1.54, 1.807) is 12.4 Å². The molecule has 5 atom stereocenters. The summed E-state index contributed by atoms with van der Waals surface area (Å²) in [5.41, 5.74) is 1.28. The topological polar surface area (TPSA) is 88.1 Å². The van der Waals surface area contributed by atoms with Crippen molar-refractivity contribution < 1.29 is 14.6 Å². The highest BCUT2D eigenvalue weighted by Gasteiger charge is 2.58. The monoisotopic (exact) mass is 353 g/mol. The molecule has 2 heterocycles. The van der Waals surface area contributed by atoms with E-state index in [1.807, 2.05) is 18.2 Å². The van der Waals surface area contributed by atoms with Gasteiger partial charge in [-0.15, -0.1) is 0 Å². The van der Waals surface area contributed by atoms with Gasteiger partial charge in [-0.05, 0) is 74.0 Å². The van der Waals surface area contributed by atoms with E-state index in [0.717, 1.165) is 36.4 Å². The smallest absolute Gasteiger partial charge is 0.309 e. The van der Waals surface area contributed by atoms with Crippen molar-refractivity contribution in [2.75, 3.05) is 6.61 Å². The normalized spacial score (nSPS) is 34.8. The fourth-order valence-electron chi connectivity index (χ4n) is 5.88. The highest BCUT2D eigenvalue weighted by molar-refractivity contribution is 5.75. The molecule has 0 amide bonds. The second-order valence-electron chi connectivity index (χ2n) is 8.38. The van der Waals surface area contributed by atoms with Crippen molar-refractivity contribution in [3.05, 3.63) is 30.6 Å². The maximum atomic E-state index is 11.8. The number of carboxylic acid groups (broad SMARTS) is 1. The van der Waals surface area contributed by atoms with E-state index in [0.29, 0.717) is 30.3 Å². The fourth-order valence-corrected chi connectivity index (χ4v) is 5.88. The third kappa shape index (κ3) is 2.50. The van der Waals surface area contributed by atoms with Crippen molar-refractivity contribution in [1.82, 2.24) is 15.2 Å². The van der Waals surface area contributed by atoms with Gasteiger partial charge in [0, 0.05) is 6.20 Å². The molecule has 0 saturated heterocycles. The molecule has 6 nitrogen and oxygen atoms in total. The van der Waals surface area contributed by atoms with E-state index >= 15 is 0 Å². The number of hydrogen-bond acceptors (Lipinski definition) is 4. The molecule has 0 aromatic carbocycles. The van der Waals surface area contributed by atoms with Crippen LogP contribution in [0.4, 0.5) is 0 Å². The summed E-state index contributed by atoms with van der Waals surface area (Å²) in [6.45, 7) is 0.669. The van der Waals surface area contributed by atoms with Crippen molar-refractivity contribution >= 4 is 5.97 Å². The van der Waals surface area contributed by atoms with E-state index < -0.39 is 11.4 Å². The first-order valence-electron chi connectivity index (χ1n) is 9.45. The van der Waals surface area contributed by atoms with E-state index in [1.165, 1.54) is 12.8 Å². The highest BCUT2D eigenvalue weighted by Crippen LogP contribution is 2.62. The number of hydrogen-bond donors (Lipinski definition) is 2. The molecular weight excluding hydrogens is 330 g/mol. The number of aromatic nitrogens is 3. The number of ether oxygens (including phenoxy) is 1. The first kappa shape index (κ1) is 15.9. The fraction of sp³-hybridized carbons (Fsp3) is 0.550. The second kappa shape index (κ2) is 5.83. The molecule has 26 heavy (non-hydrogen) atoms. The van der Waals surface area contributed by atoms with Crippen LogP contribution in [0.2, 0.25) is 0 Å². The van der Waals surface area contributed by atoms with Crippen LogP contribution in [0, 0.1) is 29.1 Å². The van der Waals surface area contributed by atoms with Gasteiger partial charge < -0.3 is 9.84 Å². The Bertz CT molecular complexity index is 786.